The van der Waals surface area contributed by atoms with Crippen molar-refractivity contribution in [2.45, 2.75) is 12.5 Å². The van der Waals surface area contributed by atoms with Gasteiger partial charge in [0, 0.05) is 12.5 Å². The number of carbonyl (C=O) groups is 2. The summed E-state index contributed by atoms with van der Waals surface area (Å²) in [5.74, 6) is -2.37. The van der Waals surface area contributed by atoms with Crippen LogP contribution in [0.4, 0.5) is 0 Å². The summed E-state index contributed by atoms with van der Waals surface area (Å²) >= 11 is 0. The van der Waals surface area contributed by atoms with Crippen LogP contribution in [0.1, 0.15) is 6.42 Å². The Morgan fingerprint density at radius 1 is 1.42 bits per heavy atom. The molecule has 1 rings (SSSR count). The molecule has 0 spiro atoms. The third kappa shape index (κ3) is 1.93. The lowest BCUT2D eigenvalue weighted by Crippen LogP contribution is -2.39. The molecule has 0 aliphatic carbocycles. The van der Waals surface area contributed by atoms with Crippen molar-refractivity contribution in [3.63, 3.8) is 0 Å². The predicted octanol–water partition coefficient (Wildman–Crippen LogP) is -1.36. The molecule has 6 nitrogen and oxygen atoms in total. The van der Waals surface area contributed by atoms with Crippen LogP contribution in [0.2, 0.25) is 0 Å². The van der Waals surface area contributed by atoms with Crippen molar-refractivity contribution < 1.29 is 19.8 Å². The molecule has 1 heterocycles. The number of hydrazine groups is 1. The maximum Gasteiger partial charge on any atom is 0.322 e. The smallest absolute Gasteiger partial charge is 0.322 e. The van der Waals surface area contributed by atoms with E-state index in [9.17, 15) is 9.59 Å². The highest BCUT2D eigenvalue weighted by Gasteiger charge is 2.33. The third-order valence-corrected chi connectivity index (χ3v) is 1.80. The number of hydrogen-bond acceptors (Lipinski definition) is 4. The lowest BCUT2D eigenvalue weighted by Gasteiger charge is -2.10. The average Bonchev–Trinajstić information content (AvgIpc) is 2.33. The van der Waals surface area contributed by atoms with E-state index in [0.29, 0.717) is 6.54 Å². The summed E-state index contributed by atoms with van der Waals surface area (Å²) in [6.07, 6.45) is -0.128. The van der Waals surface area contributed by atoms with Crippen LogP contribution in [0.15, 0.2) is 0 Å². The fourth-order valence-electron chi connectivity index (χ4n) is 1.21. The first-order valence-electron chi connectivity index (χ1n) is 3.54. The first-order valence-corrected chi connectivity index (χ1v) is 3.54. The van der Waals surface area contributed by atoms with Crippen LogP contribution in [0.5, 0.6) is 0 Å². The van der Waals surface area contributed by atoms with Crippen molar-refractivity contribution in [2.75, 3.05) is 6.54 Å². The van der Waals surface area contributed by atoms with Gasteiger partial charge in [-0.05, 0) is 0 Å². The van der Waals surface area contributed by atoms with Crippen LogP contribution in [-0.2, 0) is 9.59 Å². The largest absolute Gasteiger partial charge is 0.481 e. The van der Waals surface area contributed by atoms with Crippen LogP contribution in [0.3, 0.4) is 0 Å². The molecule has 0 aromatic rings. The number of carboxylic acid groups (broad SMARTS) is 2. The first-order chi connectivity index (χ1) is 5.61. The summed E-state index contributed by atoms with van der Waals surface area (Å²) in [6.45, 7) is 0.378. The number of hydrogen-bond donors (Lipinski definition) is 4. The number of carboxylic acids is 2. The molecular formula is C6H10N2O4. The van der Waals surface area contributed by atoms with Gasteiger partial charge in [0.15, 0.2) is 0 Å². The Hall–Kier alpha value is -1.14. The highest BCUT2D eigenvalue weighted by atomic mass is 16.4. The summed E-state index contributed by atoms with van der Waals surface area (Å²) in [4.78, 5) is 20.8. The Kier molecular flexibility index (Phi) is 2.61. The number of rotatable bonds is 3. The average molecular weight is 174 g/mol. The minimum absolute atomic E-state index is 0.128. The highest BCUT2D eigenvalue weighted by molar-refractivity contribution is 5.76. The lowest BCUT2D eigenvalue weighted by atomic mass is 9.99. The zero-order chi connectivity index (χ0) is 9.14. The molecule has 0 unspecified atom stereocenters. The lowest BCUT2D eigenvalue weighted by molar-refractivity contribution is -0.141. The molecule has 1 saturated heterocycles. The van der Waals surface area contributed by atoms with Crippen LogP contribution < -0.4 is 10.9 Å². The van der Waals surface area contributed by atoms with Crippen LogP contribution in [0.25, 0.3) is 0 Å². The molecule has 0 aromatic heterocycles. The van der Waals surface area contributed by atoms with E-state index in [1.54, 1.807) is 0 Å². The molecule has 12 heavy (non-hydrogen) atoms. The van der Waals surface area contributed by atoms with E-state index >= 15 is 0 Å². The fraction of sp³-hybridized carbons (Fsp3) is 0.667. The standard InChI is InChI=1S/C6H10N2O4/c9-4(10)1-3-2-7-8-5(3)6(11)12/h3,5,7-8H,1-2H2,(H,9,10)(H,11,12)/t3-,5-/m0/s1. The second kappa shape index (κ2) is 3.51. The molecule has 4 N–H and O–H groups in total. The topological polar surface area (TPSA) is 98.7 Å². The van der Waals surface area contributed by atoms with Crippen LogP contribution in [-0.4, -0.2) is 34.7 Å². The van der Waals surface area contributed by atoms with Crippen molar-refractivity contribution in [3.05, 3.63) is 0 Å². The molecule has 0 radical (unpaired) electrons. The Morgan fingerprint density at radius 2 is 2.08 bits per heavy atom. The van der Waals surface area contributed by atoms with Gasteiger partial charge in [0.05, 0.1) is 6.42 Å². The predicted molar refractivity (Wildman–Crippen MR) is 38.3 cm³/mol. The highest BCUT2D eigenvalue weighted by Crippen LogP contribution is 2.12. The second-order valence-corrected chi connectivity index (χ2v) is 2.70. The van der Waals surface area contributed by atoms with Gasteiger partial charge >= 0.3 is 11.9 Å². The second-order valence-electron chi connectivity index (χ2n) is 2.70. The zero-order valence-corrected chi connectivity index (χ0v) is 6.28. The first kappa shape index (κ1) is 8.95. The van der Waals surface area contributed by atoms with Gasteiger partial charge < -0.3 is 10.2 Å². The van der Waals surface area contributed by atoms with E-state index < -0.39 is 18.0 Å². The summed E-state index contributed by atoms with van der Waals surface area (Å²) < 4.78 is 0. The monoisotopic (exact) mass is 174 g/mol. The van der Waals surface area contributed by atoms with Gasteiger partial charge in [-0.3, -0.25) is 15.0 Å². The van der Waals surface area contributed by atoms with E-state index in [1.165, 1.54) is 0 Å². The Bertz CT molecular complexity index is 206. The Morgan fingerprint density at radius 3 is 2.58 bits per heavy atom. The molecular weight excluding hydrogens is 164 g/mol. The molecule has 6 heteroatoms. The van der Waals surface area contributed by atoms with E-state index in [-0.39, 0.29) is 12.3 Å². The maximum absolute atomic E-state index is 10.5. The van der Waals surface area contributed by atoms with Crippen molar-refractivity contribution in [1.82, 2.24) is 10.9 Å². The van der Waals surface area contributed by atoms with E-state index in [2.05, 4.69) is 10.9 Å². The van der Waals surface area contributed by atoms with Crippen molar-refractivity contribution >= 4 is 11.9 Å². The molecule has 2 atom stereocenters. The summed E-state index contributed by atoms with van der Waals surface area (Å²) in [5, 5.41) is 17.0. The minimum atomic E-state index is -1.02. The SMILES string of the molecule is O=C(O)C[C@H]1CNN[C@@H]1C(=O)O. The van der Waals surface area contributed by atoms with Gasteiger partial charge in [0.2, 0.25) is 0 Å². The minimum Gasteiger partial charge on any atom is -0.481 e. The van der Waals surface area contributed by atoms with E-state index in [0.717, 1.165) is 0 Å². The fourth-order valence-corrected chi connectivity index (χ4v) is 1.21. The number of nitrogens with one attached hydrogen (secondary N) is 2. The normalized spacial score (nSPS) is 28.7. The quantitative estimate of drug-likeness (QED) is 0.421. The summed E-state index contributed by atoms with van der Waals surface area (Å²) in [5.41, 5.74) is 5.11. The van der Waals surface area contributed by atoms with Gasteiger partial charge in [0.1, 0.15) is 6.04 Å². The molecule has 0 amide bonds. The molecule has 0 aromatic carbocycles. The molecule has 1 aliphatic heterocycles. The maximum atomic E-state index is 10.5. The molecule has 0 saturated carbocycles. The summed E-state index contributed by atoms with van der Waals surface area (Å²) in [6, 6.07) is -0.791. The summed E-state index contributed by atoms with van der Waals surface area (Å²) in [7, 11) is 0. The molecule has 1 aliphatic rings. The van der Waals surface area contributed by atoms with Crippen molar-refractivity contribution in [3.8, 4) is 0 Å². The Labute approximate surface area is 68.5 Å². The zero-order valence-electron chi connectivity index (χ0n) is 6.28. The van der Waals surface area contributed by atoms with E-state index in [4.69, 9.17) is 10.2 Å². The number of aliphatic carboxylic acids is 2. The Balaban J connectivity index is 2.52. The van der Waals surface area contributed by atoms with Gasteiger partial charge in [-0.15, -0.1) is 0 Å². The molecule has 0 bridgehead atoms. The molecule has 1 fully saturated rings. The van der Waals surface area contributed by atoms with Crippen molar-refractivity contribution in [2.24, 2.45) is 5.92 Å². The van der Waals surface area contributed by atoms with Crippen molar-refractivity contribution in [1.29, 1.82) is 0 Å². The van der Waals surface area contributed by atoms with Gasteiger partial charge in [-0.2, -0.15) is 0 Å². The van der Waals surface area contributed by atoms with Crippen LogP contribution >= 0.6 is 0 Å². The van der Waals surface area contributed by atoms with Gasteiger partial charge in [-0.1, -0.05) is 0 Å². The third-order valence-electron chi connectivity index (χ3n) is 1.80. The van der Waals surface area contributed by atoms with Gasteiger partial charge in [0.25, 0.3) is 0 Å². The van der Waals surface area contributed by atoms with E-state index in [1.807, 2.05) is 0 Å². The van der Waals surface area contributed by atoms with Gasteiger partial charge in [-0.25, -0.2) is 5.43 Å². The van der Waals surface area contributed by atoms with Crippen LogP contribution in [0, 0.1) is 5.92 Å². The molecule has 68 valence electrons.